The first kappa shape index (κ1) is 31.4. The maximum Gasteiger partial charge on any atom is 0.335 e. The first-order valence-electron chi connectivity index (χ1n) is 14.9. The molecule has 5 nitrogen and oxygen atoms in total. The van der Waals surface area contributed by atoms with Gasteiger partial charge in [-0.2, -0.15) is 0 Å². The molecule has 0 fully saturated rings. The topological polar surface area (TPSA) is 41.8 Å². The Morgan fingerprint density at radius 1 is 0.738 bits per heavy atom. The molecule has 0 bridgehead atoms. The maximum absolute atomic E-state index is 13.6. The molecule has 0 heterocycles. The second kappa shape index (κ2) is 14.6. The van der Waals surface area contributed by atoms with Crippen LogP contribution in [0.15, 0.2) is 108 Å². The summed E-state index contributed by atoms with van der Waals surface area (Å²) in [6.45, 7) is 10.6. The van der Waals surface area contributed by atoms with E-state index in [9.17, 15) is 4.57 Å². The van der Waals surface area contributed by atoms with E-state index in [1.165, 1.54) is 17.0 Å². The molecule has 42 heavy (non-hydrogen) atoms. The highest BCUT2D eigenvalue weighted by molar-refractivity contribution is 7.54. The molecule has 2 aliphatic rings. The van der Waals surface area contributed by atoms with E-state index in [4.69, 9.17) is 9.05 Å². The Morgan fingerprint density at radius 3 is 1.76 bits per heavy atom. The Kier molecular flexibility index (Phi) is 10.9. The fraction of sp³-hybridized carbons (Fsp3) is 0.306. The van der Waals surface area contributed by atoms with Crippen LogP contribution in [0.4, 0.5) is 5.69 Å². The number of hydrogen-bond acceptors (Lipinski definition) is 4. The fourth-order valence-electron chi connectivity index (χ4n) is 5.11. The van der Waals surface area contributed by atoms with Gasteiger partial charge in [-0.05, 0) is 91.0 Å². The van der Waals surface area contributed by atoms with Crippen LogP contribution in [-0.4, -0.2) is 56.8 Å². The van der Waals surface area contributed by atoms with E-state index >= 15 is 0 Å². The highest BCUT2D eigenvalue weighted by Crippen LogP contribution is 2.52. The quantitative estimate of drug-likeness (QED) is 0.186. The summed E-state index contributed by atoms with van der Waals surface area (Å²) in [4.78, 5) is 2.23. The lowest BCUT2D eigenvalue weighted by Crippen LogP contribution is -2.15. The van der Waals surface area contributed by atoms with Crippen LogP contribution in [0.25, 0.3) is 11.1 Å². The first-order chi connectivity index (χ1) is 20.3. The number of hydrogen-bond donors (Lipinski definition) is 0. The van der Waals surface area contributed by atoms with Crippen LogP contribution in [0.1, 0.15) is 44.4 Å². The van der Waals surface area contributed by atoms with Crippen molar-refractivity contribution in [3.8, 4) is 0 Å². The molecule has 0 amide bonds. The van der Waals surface area contributed by atoms with E-state index in [0.29, 0.717) is 13.2 Å². The van der Waals surface area contributed by atoms with Gasteiger partial charge in [0.2, 0.25) is 0 Å². The zero-order chi connectivity index (χ0) is 30.1. The number of nitrogens with zero attached hydrogens (tertiary/aromatic N) is 2. The third kappa shape index (κ3) is 7.46. The second-order valence-corrected chi connectivity index (χ2v) is 12.4. The predicted molar refractivity (Wildman–Crippen MR) is 179 cm³/mol. The average Bonchev–Trinajstić information content (AvgIpc) is 3.56. The molecule has 0 unspecified atom stereocenters. The van der Waals surface area contributed by atoms with Crippen LogP contribution in [-0.2, 0) is 13.6 Å². The molecule has 2 aromatic rings. The Bertz CT molecular complexity index is 1480. The molecule has 0 spiro atoms. The molecule has 0 aliphatic heterocycles. The average molecular weight is 584 g/mol. The van der Waals surface area contributed by atoms with Crippen LogP contribution in [0.5, 0.6) is 0 Å². The van der Waals surface area contributed by atoms with Crippen molar-refractivity contribution in [2.24, 2.45) is 0 Å². The molecule has 2 aliphatic carbocycles. The largest absolute Gasteiger partial charge is 0.375 e. The first-order valence-corrected chi connectivity index (χ1v) is 16.6. The van der Waals surface area contributed by atoms with E-state index in [2.05, 4.69) is 110 Å². The minimum absolute atomic E-state index is 0.216. The van der Waals surface area contributed by atoms with Gasteiger partial charge in [0.05, 0.1) is 19.4 Å². The van der Waals surface area contributed by atoms with Crippen molar-refractivity contribution in [1.82, 2.24) is 0 Å². The van der Waals surface area contributed by atoms with Crippen LogP contribution >= 0.6 is 7.60 Å². The lowest BCUT2D eigenvalue weighted by molar-refractivity contribution is -0.491. The predicted octanol–water partition coefficient (Wildman–Crippen LogP) is 8.32. The van der Waals surface area contributed by atoms with Gasteiger partial charge in [-0.1, -0.05) is 60.7 Å². The van der Waals surface area contributed by atoms with E-state index in [-0.39, 0.29) is 6.16 Å². The zero-order valence-corrected chi connectivity index (χ0v) is 26.7. The SMILES string of the molecule is CCOP(=O)(CC(=C1C=CC=C1)c1ccc(C(=C2C=CC(=[N+](C)CC)C=C2)c2ccc(N(C)CC)cc2)cc1)OCC. The molecule has 0 saturated carbocycles. The number of anilines is 1. The van der Waals surface area contributed by atoms with Crippen LogP contribution in [0, 0.1) is 0 Å². The second-order valence-electron chi connectivity index (χ2n) is 10.3. The van der Waals surface area contributed by atoms with Gasteiger partial charge in [0, 0.05) is 31.4 Å². The minimum Gasteiger partial charge on any atom is -0.375 e. The van der Waals surface area contributed by atoms with Crippen LogP contribution in [0.2, 0.25) is 0 Å². The highest BCUT2D eigenvalue weighted by atomic mass is 31.2. The van der Waals surface area contributed by atoms with Gasteiger partial charge in [-0.15, -0.1) is 0 Å². The molecule has 0 N–H and O–H groups in total. The van der Waals surface area contributed by atoms with Crippen LogP contribution in [0.3, 0.4) is 0 Å². The summed E-state index contributed by atoms with van der Waals surface area (Å²) in [7, 11) is 0.928. The molecule has 0 atom stereocenters. The van der Waals surface area contributed by atoms with Crippen molar-refractivity contribution in [2.75, 3.05) is 51.5 Å². The van der Waals surface area contributed by atoms with E-state index in [1.54, 1.807) is 0 Å². The van der Waals surface area contributed by atoms with Gasteiger partial charge >= 0.3 is 7.60 Å². The normalized spacial score (nSPS) is 14.2. The lowest BCUT2D eigenvalue weighted by atomic mass is 9.89. The molecular formula is C36H44N2O3P+. The molecular weight excluding hydrogens is 539 g/mol. The van der Waals surface area contributed by atoms with Gasteiger partial charge in [-0.3, -0.25) is 4.57 Å². The Hall–Kier alpha value is -3.50. The van der Waals surface area contributed by atoms with Crippen molar-refractivity contribution in [2.45, 2.75) is 27.7 Å². The van der Waals surface area contributed by atoms with Crippen molar-refractivity contribution in [3.63, 3.8) is 0 Å². The maximum atomic E-state index is 13.6. The monoisotopic (exact) mass is 583 g/mol. The highest BCUT2D eigenvalue weighted by Gasteiger charge is 2.27. The van der Waals surface area contributed by atoms with Crippen LogP contribution < -0.4 is 4.90 Å². The summed E-state index contributed by atoms with van der Waals surface area (Å²) in [6, 6.07) is 17.4. The van der Waals surface area contributed by atoms with E-state index in [0.717, 1.165) is 46.5 Å². The fourth-order valence-corrected chi connectivity index (χ4v) is 6.90. The minimum atomic E-state index is -3.29. The zero-order valence-electron chi connectivity index (χ0n) is 25.8. The third-order valence-electron chi connectivity index (χ3n) is 7.68. The Labute approximate surface area is 252 Å². The van der Waals surface area contributed by atoms with Crippen molar-refractivity contribution < 1.29 is 18.2 Å². The van der Waals surface area contributed by atoms with Crippen molar-refractivity contribution in [1.29, 1.82) is 0 Å². The Morgan fingerprint density at radius 2 is 1.26 bits per heavy atom. The van der Waals surface area contributed by atoms with Crippen molar-refractivity contribution in [3.05, 3.63) is 125 Å². The summed E-state index contributed by atoms with van der Waals surface area (Å²) < 4.78 is 27.1. The standard InChI is InChI=1S/C36H44N2O3P/c1-7-37(5)33-23-19-31(20-24-33)36(32-21-25-34(26-22-32)38(6)8-2)30-17-15-29(16-18-30)35(28-13-11-12-14-28)27-42(39,40-9-3)41-10-4/h11-26H,7-10,27H2,1-6H3/q+1. The summed E-state index contributed by atoms with van der Waals surface area (Å²) in [5, 5.41) is 0. The lowest BCUT2D eigenvalue weighted by Gasteiger charge is -2.21. The smallest absolute Gasteiger partial charge is 0.335 e. The van der Waals surface area contributed by atoms with Gasteiger partial charge in [0.1, 0.15) is 13.6 Å². The molecule has 220 valence electrons. The van der Waals surface area contributed by atoms with Gasteiger partial charge in [-0.25, -0.2) is 4.58 Å². The number of allylic oxidation sites excluding steroid dienone is 11. The molecule has 0 saturated heterocycles. The van der Waals surface area contributed by atoms with Gasteiger partial charge in [0.15, 0.2) is 5.71 Å². The molecule has 0 aromatic heterocycles. The Balaban J connectivity index is 1.79. The van der Waals surface area contributed by atoms with E-state index < -0.39 is 7.60 Å². The molecule has 0 radical (unpaired) electrons. The number of benzene rings is 2. The third-order valence-corrected chi connectivity index (χ3v) is 9.69. The summed E-state index contributed by atoms with van der Waals surface area (Å²) in [6.07, 6.45) is 17.1. The molecule has 2 aromatic carbocycles. The summed E-state index contributed by atoms with van der Waals surface area (Å²) in [5.74, 6) is 0. The summed E-state index contributed by atoms with van der Waals surface area (Å²) in [5.41, 5.74) is 9.97. The summed E-state index contributed by atoms with van der Waals surface area (Å²) >= 11 is 0. The van der Waals surface area contributed by atoms with E-state index in [1.807, 2.05) is 38.2 Å². The molecule has 6 heteroatoms. The number of rotatable bonds is 12. The van der Waals surface area contributed by atoms with Crippen molar-refractivity contribution >= 4 is 30.1 Å². The molecule has 4 rings (SSSR count). The van der Waals surface area contributed by atoms with Gasteiger partial charge < -0.3 is 13.9 Å². The van der Waals surface area contributed by atoms with Gasteiger partial charge in [0.25, 0.3) is 0 Å².